The second kappa shape index (κ2) is 2.71. The highest BCUT2D eigenvalue weighted by Crippen LogP contribution is 1.71. The SMILES string of the molecule is CC(=O)C(N)C[NH3+]. The predicted molar refractivity (Wildman–Crippen MR) is 26.4 cm³/mol. The number of hydrogen-bond acceptors (Lipinski definition) is 2. The Labute approximate surface area is 42.7 Å². The first-order chi connectivity index (χ1) is 3.18. The molecule has 0 radical (unpaired) electrons. The molecule has 1 unspecified atom stereocenters. The lowest BCUT2D eigenvalue weighted by Gasteiger charge is -1.96. The third kappa shape index (κ3) is 2.31. The summed E-state index contributed by atoms with van der Waals surface area (Å²) >= 11 is 0. The third-order valence-electron chi connectivity index (χ3n) is 0.833. The maximum Gasteiger partial charge on any atom is 0.152 e. The van der Waals surface area contributed by atoms with E-state index in [2.05, 4.69) is 5.73 Å². The van der Waals surface area contributed by atoms with Crippen LogP contribution in [0.3, 0.4) is 0 Å². The number of ketones is 1. The molecule has 0 aromatic rings. The first kappa shape index (κ1) is 6.59. The molecule has 1 atom stereocenters. The maximum atomic E-state index is 10.2. The Hall–Kier alpha value is -0.410. The second-order valence-electron chi connectivity index (χ2n) is 1.51. The van der Waals surface area contributed by atoms with E-state index in [0.29, 0.717) is 6.54 Å². The summed E-state index contributed by atoms with van der Waals surface area (Å²) in [5, 5.41) is 0. The van der Waals surface area contributed by atoms with Crippen molar-refractivity contribution >= 4 is 5.78 Å². The van der Waals surface area contributed by atoms with Gasteiger partial charge in [0.1, 0.15) is 6.04 Å². The van der Waals surface area contributed by atoms with E-state index in [-0.39, 0.29) is 11.8 Å². The largest absolute Gasteiger partial charge is 0.356 e. The molecule has 0 heterocycles. The summed E-state index contributed by atoms with van der Waals surface area (Å²) in [5.41, 5.74) is 8.66. The van der Waals surface area contributed by atoms with E-state index in [4.69, 9.17) is 5.73 Å². The van der Waals surface area contributed by atoms with Crippen LogP contribution in [0.15, 0.2) is 0 Å². The Morgan fingerprint density at radius 2 is 2.43 bits per heavy atom. The minimum Gasteiger partial charge on any atom is -0.356 e. The number of quaternary nitrogens is 1. The van der Waals surface area contributed by atoms with E-state index in [1.54, 1.807) is 0 Å². The first-order valence-electron chi connectivity index (χ1n) is 2.23. The zero-order chi connectivity index (χ0) is 5.86. The molecule has 0 amide bonds. The molecule has 3 heteroatoms. The molecular weight excluding hydrogens is 92.1 g/mol. The van der Waals surface area contributed by atoms with E-state index in [1.807, 2.05) is 0 Å². The molecular formula is C4H11N2O+. The Bertz CT molecular complexity index is 72.1. The van der Waals surface area contributed by atoms with Crippen molar-refractivity contribution in [3.05, 3.63) is 0 Å². The van der Waals surface area contributed by atoms with Crippen molar-refractivity contribution in [2.75, 3.05) is 6.54 Å². The molecule has 0 spiro atoms. The van der Waals surface area contributed by atoms with Crippen molar-refractivity contribution in [3.8, 4) is 0 Å². The number of carbonyl (C=O) groups excluding carboxylic acids is 1. The average molecular weight is 103 g/mol. The molecule has 7 heavy (non-hydrogen) atoms. The minimum atomic E-state index is -0.347. The van der Waals surface area contributed by atoms with Gasteiger partial charge in [0.2, 0.25) is 0 Å². The molecule has 0 aliphatic heterocycles. The predicted octanol–water partition coefficient (Wildman–Crippen LogP) is -1.86. The van der Waals surface area contributed by atoms with E-state index in [0.717, 1.165) is 0 Å². The average Bonchev–Trinajstić information content (AvgIpc) is 1.65. The highest BCUT2D eigenvalue weighted by Gasteiger charge is 2.04. The summed E-state index contributed by atoms with van der Waals surface area (Å²) in [6, 6.07) is -0.347. The van der Waals surface area contributed by atoms with Crippen molar-refractivity contribution < 1.29 is 10.5 Å². The fourth-order valence-corrected chi connectivity index (χ4v) is 0.203. The molecule has 0 aliphatic rings. The van der Waals surface area contributed by atoms with Gasteiger partial charge in [-0.05, 0) is 6.92 Å². The molecule has 0 saturated carbocycles. The van der Waals surface area contributed by atoms with Crippen LogP contribution in [0.2, 0.25) is 0 Å². The van der Waals surface area contributed by atoms with Crippen LogP contribution in [0.5, 0.6) is 0 Å². The lowest BCUT2D eigenvalue weighted by Crippen LogP contribution is -2.60. The highest BCUT2D eigenvalue weighted by molar-refractivity contribution is 5.81. The first-order valence-corrected chi connectivity index (χ1v) is 2.23. The summed E-state index contributed by atoms with van der Waals surface area (Å²) in [5.74, 6) is 0.00926. The van der Waals surface area contributed by atoms with Crippen LogP contribution in [-0.4, -0.2) is 18.4 Å². The van der Waals surface area contributed by atoms with Crippen LogP contribution in [-0.2, 0) is 4.79 Å². The molecule has 0 aromatic heterocycles. The topological polar surface area (TPSA) is 70.7 Å². The fourth-order valence-electron chi connectivity index (χ4n) is 0.203. The summed E-state index contributed by atoms with van der Waals surface area (Å²) in [4.78, 5) is 10.2. The third-order valence-corrected chi connectivity index (χ3v) is 0.833. The highest BCUT2D eigenvalue weighted by atomic mass is 16.1. The van der Waals surface area contributed by atoms with Crippen molar-refractivity contribution in [1.82, 2.24) is 0 Å². The van der Waals surface area contributed by atoms with Gasteiger partial charge in [-0.1, -0.05) is 0 Å². The van der Waals surface area contributed by atoms with E-state index in [1.165, 1.54) is 6.92 Å². The second-order valence-corrected chi connectivity index (χ2v) is 1.51. The molecule has 5 N–H and O–H groups in total. The monoisotopic (exact) mass is 103 g/mol. The minimum absolute atomic E-state index is 0.00926. The Morgan fingerprint density at radius 1 is 2.00 bits per heavy atom. The number of carbonyl (C=O) groups is 1. The lowest BCUT2D eigenvalue weighted by molar-refractivity contribution is -0.368. The van der Waals surface area contributed by atoms with Crippen LogP contribution in [0.25, 0.3) is 0 Å². The standard InChI is InChI=1S/C4H10N2O/c1-3(7)4(6)2-5/h4H,2,5-6H2,1H3/p+1. The maximum absolute atomic E-state index is 10.2. The molecule has 0 rings (SSSR count). The van der Waals surface area contributed by atoms with Gasteiger partial charge < -0.3 is 11.5 Å². The number of hydrogen-bond donors (Lipinski definition) is 2. The van der Waals surface area contributed by atoms with Gasteiger partial charge in [-0.25, -0.2) is 0 Å². The number of rotatable bonds is 2. The quantitative estimate of drug-likeness (QED) is 0.430. The zero-order valence-corrected chi connectivity index (χ0v) is 4.48. The molecule has 0 aliphatic carbocycles. The molecule has 0 saturated heterocycles. The fraction of sp³-hybridized carbons (Fsp3) is 0.750. The molecule has 0 aromatic carbocycles. The number of Topliss-reactive ketones (excluding diaryl/α,β-unsaturated/α-hetero) is 1. The summed E-state index contributed by atoms with van der Waals surface area (Å²) in [6.45, 7) is 1.96. The molecule has 0 bridgehead atoms. The Morgan fingerprint density at radius 3 is 2.43 bits per heavy atom. The summed E-state index contributed by atoms with van der Waals surface area (Å²) in [7, 11) is 0. The van der Waals surface area contributed by atoms with Gasteiger partial charge in [0, 0.05) is 0 Å². The molecule has 42 valence electrons. The van der Waals surface area contributed by atoms with Crippen molar-refractivity contribution in [1.29, 1.82) is 0 Å². The van der Waals surface area contributed by atoms with E-state index >= 15 is 0 Å². The Balaban J connectivity index is 3.34. The van der Waals surface area contributed by atoms with Crippen molar-refractivity contribution in [2.24, 2.45) is 5.73 Å². The van der Waals surface area contributed by atoms with Gasteiger partial charge in [-0.3, -0.25) is 4.79 Å². The van der Waals surface area contributed by atoms with Crippen LogP contribution in [0.4, 0.5) is 0 Å². The summed E-state index contributed by atoms with van der Waals surface area (Å²) < 4.78 is 0. The van der Waals surface area contributed by atoms with Gasteiger partial charge >= 0.3 is 0 Å². The van der Waals surface area contributed by atoms with E-state index < -0.39 is 0 Å². The van der Waals surface area contributed by atoms with Gasteiger partial charge in [-0.15, -0.1) is 0 Å². The van der Waals surface area contributed by atoms with Crippen LogP contribution >= 0.6 is 0 Å². The van der Waals surface area contributed by atoms with Gasteiger partial charge in [-0.2, -0.15) is 0 Å². The van der Waals surface area contributed by atoms with Crippen LogP contribution in [0.1, 0.15) is 6.92 Å². The van der Waals surface area contributed by atoms with Gasteiger partial charge in [0.05, 0.1) is 6.54 Å². The smallest absolute Gasteiger partial charge is 0.152 e. The van der Waals surface area contributed by atoms with E-state index in [9.17, 15) is 4.79 Å². The summed E-state index contributed by atoms with van der Waals surface area (Å²) in [6.07, 6.45) is 0. The molecule has 0 fully saturated rings. The van der Waals surface area contributed by atoms with Crippen LogP contribution < -0.4 is 11.5 Å². The zero-order valence-electron chi connectivity index (χ0n) is 4.48. The molecule has 3 nitrogen and oxygen atoms in total. The van der Waals surface area contributed by atoms with Gasteiger partial charge in [0.15, 0.2) is 5.78 Å². The Kier molecular flexibility index (Phi) is 2.55. The van der Waals surface area contributed by atoms with Crippen LogP contribution in [0, 0.1) is 0 Å². The van der Waals surface area contributed by atoms with Gasteiger partial charge in [0.25, 0.3) is 0 Å². The normalized spacial score (nSPS) is 13.6. The number of nitrogens with two attached hydrogens (primary N) is 1. The lowest BCUT2D eigenvalue weighted by atomic mass is 10.2. The van der Waals surface area contributed by atoms with Crippen molar-refractivity contribution in [3.63, 3.8) is 0 Å². The van der Waals surface area contributed by atoms with Crippen molar-refractivity contribution in [2.45, 2.75) is 13.0 Å².